The van der Waals surface area contributed by atoms with E-state index >= 15 is 0 Å². The van der Waals surface area contributed by atoms with E-state index in [0.29, 0.717) is 24.8 Å². The van der Waals surface area contributed by atoms with Crippen molar-refractivity contribution in [2.45, 2.75) is 6.54 Å². The van der Waals surface area contributed by atoms with E-state index in [1.54, 1.807) is 7.05 Å². The average Bonchev–Trinajstić information content (AvgIpc) is 2.90. The lowest BCUT2D eigenvalue weighted by Gasteiger charge is -2.11. The highest BCUT2D eigenvalue weighted by Gasteiger charge is 2.12. The monoisotopic (exact) mass is 349 g/mol. The van der Waals surface area contributed by atoms with Crippen LogP contribution in [0.3, 0.4) is 0 Å². The first-order valence-corrected chi connectivity index (χ1v) is 8.67. The van der Waals surface area contributed by atoms with Crippen molar-refractivity contribution in [3.05, 3.63) is 42.0 Å². The number of benzene rings is 1. The molecule has 1 aromatic carbocycles. The van der Waals surface area contributed by atoms with Crippen molar-refractivity contribution in [1.29, 1.82) is 0 Å². The van der Waals surface area contributed by atoms with E-state index in [1.807, 2.05) is 44.4 Å². The summed E-state index contributed by atoms with van der Waals surface area (Å²) in [6.45, 7) is 1.93. The molecule has 0 spiro atoms. The van der Waals surface area contributed by atoms with E-state index < -0.39 is 11.1 Å². The molecule has 1 unspecified atom stereocenters. The molecule has 24 heavy (non-hydrogen) atoms. The first-order valence-electron chi connectivity index (χ1n) is 7.61. The number of nitrogens with zero attached hydrogens (tertiary/aromatic N) is 3. The van der Waals surface area contributed by atoms with Crippen LogP contribution in [-0.2, 0) is 6.54 Å². The fourth-order valence-corrected chi connectivity index (χ4v) is 2.78. The maximum Gasteiger partial charge on any atom is 0.233 e. The number of hydrogen-bond donors (Lipinski definition) is 2. The second kappa shape index (κ2) is 9.21. The van der Waals surface area contributed by atoms with E-state index in [9.17, 15) is 4.55 Å². The van der Waals surface area contributed by atoms with Crippen LogP contribution < -0.4 is 15.4 Å². The third-order valence-corrected chi connectivity index (χ3v) is 3.77. The Hall–Kier alpha value is -2.16. The summed E-state index contributed by atoms with van der Waals surface area (Å²) in [5.74, 6) is 1.88. The van der Waals surface area contributed by atoms with Gasteiger partial charge >= 0.3 is 0 Å². The number of aromatic nitrogens is 2. The van der Waals surface area contributed by atoms with Gasteiger partial charge in [-0.15, -0.1) is 0 Å². The average molecular weight is 349 g/mol. The zero-order valence-corrected chi connectivity index (χ0v) is 15.0. The smallest absolute Gasteiger partial charge is 0.233 e. The van der Waals surface area contributed by atoms with Gasteiger partial charge in [-0.3, -0.25) is 0 Å². The van der Waals surface area contributed by atoms with E-state index in [-0.39, 0.29) is 0 Å². The Morgan fingerprint density at radius 1 is 1.25 bits per heavy atom. The second-order valence-corrected chi connectivity index (χ2v) is 6.24. The molecule has 0 saturated heterocycles. The van der Waals surface area contributed by atoms with Crippen LogP contribution in [0.4, 0.5) is 11.6 Å². The van der Waals surface area contributed by atoms with Crippen LogP contribution in [0.25, 0.3) is 0 Å². The molecule has 0 bridgehead atoms. The number of nitrogens with one attached hydrogen (secondary N) is 2. The molecule has 8 heteroatoms. The van der Waals surface area contributed by atoms with Crippen LogP contribution in [0.5, 0.6) is 5.75 Å². The van der Waals surface area contributed by atoms with Gasteiger partial charge in [-0.1, -0.05) is 18.2 Å². The van der Waals surface area contributed by atoms with E-state index in [2.05, 4.69) is 30.3 Å². The van der Waals surface area contributed by atoms with Gasteiger partial charge in [0.2, 0.25) is 11.6 Å². The molecule has 1 atom stereocenters. The van der Waals surface area contributed by atoms with Gasteiger partial charge < -0.3 is 24.8 Å². The molecule has 2 N–H and O–H groups in total. The van der Waals surface area contributed by atoms with Crippen molar-refractivity contribution in [1.82, 2.24) is 13.6 Å². The topological polar surface area (TPSA) is 85.4 Å². The molecule has 2 aromatic rings. The number of ether oxygens (including phenoxy) is 1. The molecular weight excluding hydrogens is 326 g/mol. The highest BCUT2D eigenvalue weighted by molar-refractivity contribution is 7.14. The molecule has 1 heterocycles. The quantitative estimate of drug-likeness (QED) is 0.531. The van der Waals surface area contributed by atoms with Crippen LogP contribution in [0.1, 0.15) is 5.56 Å². The second-order valence-electron chi connectivity index (χ2n) is 5.41. The zero-order chi connectivity index (χ0) is 17.4. The fraction of sp³-hybridized carbons (Fsp3) is 0.375. The maximum absolute atomic E-state index is 11.2. The maximum atomic E-state index is 11.2. The molecule has 0 fully saturated rings. The first kappa shape index (κ1) is 18.2. The Bertz CT molecular complexity index is 672. The Morgan fingerprint density at radius 3 is 2.79 bits per heavy atom. The molecule has 0 aliphatic carbocycles. The molecular formula is C16H23N5O2S. The minimum atomic E-state index is -1.52. The van der Waals surface area contributed by atoms with Gasteiger partial charge in [0.25, 0.3) is 0 Å². The zero-order valence-electron chi connectivity index (χ0n) is 14.2. The highest BCUT2D eigenvalue weighted by atomic mass is 32.2. The third-order valence-electron chi connectivity index (χ3n) is 3.10. The highest BCUT2D eigenvalue weighted by Crippen LogP contribution is 2.21. The summed E-state index contributed by atoms with van der Waals surface area (Å²) in [5, 5.41) is 5.91. The van der Waals surface area contributed by atoms with Gasteiger partial charge in [-0.05, 0) is 37.9 Å². The van der Waals surface area contributed by atoms with Gasteiger partial charge in [0.05, 0.1) is 0 Å². The summed E-state index contributed by atoms with van der Waals surface area (Å²) in [6, 6.07) is 8.07. The number of rotatable bonds is 9. The first-order chi connectivity index (χ1) is 11.6. The van der Waals surface area contributed by atoms with E-state index in [4.69, 9.17) is 4.74 Å². The lowest BCUT2D eigenvalue weighted by atomic mass is 10.2. The fourth-order valence-electron chi connectivity index (χ4n) is 2.09. The molecule has 7 nitrogen and oxygen atoms in total. The summed E-state index contributed by atoms with van der Waals surface area (Å²) in [6.07, 6.45) is 3.86. The van der Waals surface area contributed by atoms with Gasteiger partial charge in [0.15, 0.2) is 11.1 Å². The summed E-state index contributed by atoms with van der Waals surface area (Å²) in [5.41, 5.74) is 1.22. The molecule has 130 valence electrons. The predicted octanol–water partition coefficient (Wildman–Crippen LogP) is 2.35. The summed E-state index contributed by atoms with van der Waals surface area (Å²) in [4.78, 5) is 2.12. The summed E-state index contributed by atoms with van der Waals surface area (Å²) >= 11 is -1.52. The van der Waals surface area contributed by atoms with Crippen molar-refractivity contribution in [2.24, 2.45) is 0 Å². The molecule has 0 saturated carbocycles. The standard InChI is InChI=1S/C16H23N5O2S/c1-17-15-16(20-24(22)19-15)18-9-4-5-10-23-14-8-6-7-13(11-14)12-21(2)3/h4-8,11H,9-10,12H2,1-3H3,(H,17,19)(H,18,20). The van der Waals surface area contributed by atoms with Crippen LogP contribution in [-0.4, -0.2) is 52.5 Å². The van der Waals surface area contributed by atoms with Crippen LogP contribution in [0, 0.1) is 0 Å². The third kappa shape index (κ3) is 5.80. The molecule has 2 rings (SSSR count). The summed E-state index contributed by atoms with van der Waals surface area (Å²) < 4.78 is 24.6. The lowest BCUT2D eigenvalue weighted by Crippen LogP contribution is -2.10. The number of anilines is 2. The van der Waals surface area contributed by atoms with E-state index in [1.165, 1.54) is 5.56 Å². The normalized spacial score (nSPS) is 12.0. The Balaban J connectivity index is 1.74. The van der Waals surface area contributed by atoms with Gasteiger partial charge in [-0.25, -0.2) is 0 Å². The van der Waals surface area contributed by atoms with Crippen molar-refractivity contribution in [2.75, 3.05) is 44.9 Å². The molecule has 0 aliphatic rings. The SMILES string of the molecule is CNc1n[s+]([O-])nc1NCC=CCOc1cccc(CN(C)C)c1. The number of hydrogen-bond acceptors (Lipinski definition) is 7. The van der Waals surface area contributed by atoms with Crippen LogP contribution >= 0.6 is 11.1 Å². The lowest BCUT2D eigenvalue weighted by molar-refractivity contribution is 0.359. The van der Waals surface area contributed by atoms with Crippen molar-refractivity contribution >= 4 is 22.8 Å². The molecule has 0 radical (unpaired) electrons. The van der Waals surface area contributed by atoms with Crippen LogP contribution in [0.15, 0.2) is 36.4 Å². The Labute approximate surface area is 145 Å². The van der Waals surface area contributed by atoms with Gasteiger partial charge in [0, 0.05) is 28.9 Å². The molecule has 0 amide bonds. The Kier molecular flexibility index (Phi) is 6.98. The van der Waals surface area contributed by atoms with Gasteiger partial charge in [-0.2, -0.15) is 0 Å². The van der Waals surface area contributed by atoms with Crippen molar-refractivity contribution in [3.63, 3.8) is 0 Å². The molecule has 0 aliphatic heterocycles. The Morgan fingerprint density at radius 2 is 2.04 bits per heavy atom. The minimum Gasteiger partial charge on any atom is -0.546 e. The van der Waals surface area contributed by atoms with Crippen molar-refractivity contribution < 1.29 is 9.29 Å². The largest absolute Gasteiger partial charge is 0.546 e. The van der Waals surface area contributed by atoms with Crippen LogP contribution in [0.2, 0.25) is 0 Å². The minimum absolute atomic E-state index is 0.485. The predicted molar refractivity (Wildman–Crippen MR) is 97.2 cm³/mol. The summed E-state index contributed by atoms with van der Waals surface area (Å²) in [7, 11) is 5.79. The van der Waals surface area contributed by atoms with E-state index in [0.717, 1.165) is 12.3 Å². The van der Waals surface area contributed by atoms with Crippen molar-refractivity contribution in [3.8, 4) is 5.75 Å². The van der Waals surface area contributed by atoms with Gasteiger partial charge in [0.1, 0.15) is 12.4 Å². The molecule has 1 aromatic heterocycles.